The third-order valence-electron chi connectivity index (χ3n) is 4.17. The minimum absolute atomic E-state index is 0.601. The standard InChI is InChI=1S/C18H26N2/c1-4-14(3)12-17(5-2)20-13-16-9-6-8-15-10-7-11-19-18(15)16/h6-11,14,17,20H,4-5,12-13H2,1-3H3. The minimum Gasteiger partial charge on any atom is -0.310 e. The lowest BCUT2D eigenvalue weighted by Crippen LogP contribution is -2.29. The van der Waals surface area contributed by atoms with E-state index in [-0.39, 0.29) is 0 Å². The molecule has 0 fully saturated rings. The molecule has 2 aromatic rings. The van der Waals surface area contributed by atoms with Crippen molar-refractivity contribution in [2.45, 2.75) is 52.6 Å². The fourth-order valence-corrected chi connectivity index (χ4v) is 2.61. The number of rotatable bonds is 7. The number of pyridine rings is 1. The van der Waals surface area contributed by atoms with Crippen molar-refractivity contribution in [3.63, 3.8) is 0 Å². The number of hydrogen-bond donors (Lipinski definition) is 1. The summed E-state index contributed by atoms with van der Waals surface area (Å²) < 4.78 is 0. The summed E-state index contributed by atoms with van der Waals surface area (Å²) in [6, 6.07) is 11.2. The Kier molecular flexibility index (Phi) is 5.54. The van der Waals surface area contributed by atoms with Gasteiger partial charge in [0.1, 0.15) is 0 Å². The lowest BCUT2D eigenvalue weighted by molar-refractivity contribution is 0.384. The minimum atomic E-state index is 0.601. The van der Waals surface area contributed by atoms with Crippen LogP contribution in [0.3, 0.4) is 0 Å². The molecule has 2 unspecified atom stereocenters. The third-order valence-corrected chi connectivity index (χ3v) is 4.17. The Morgan fingerprint density at radius 2 is 1.90 bits per heavy atom. The maximum atomic E-state index is 4.52. The van der Waals surface area contributed by atoms with Crippen molar-refractivity contribution >= 4 is 10.9 Å². The number of fused-ring (bicyclic) bond motifs is 1. The molecule has 20 heavy (non-hydrogen) atoms. The summed E-state index contributed by atoms with van der Waals surface area (Å²) in [5.41, 5.74) is 2.42. The van der Waals surface area contributed by atoms with Crippen LogP contribution in [0.25, 0.3) is 10.9 Å². The van der Waals surface area contributed by atoms with Gasteiger partial charge in [0.05, 0.1) is 5.52 Å². The van der Waals surface area contributed by atoms with Gasteiger partial charge in [0.15, 0.2) is 0 Å². The highest BCUT2D eigenvalue weighted by Gasteiger charge is 2.10. The topological polar surface area (TPSA) is 24.9 Å². The van der Waals surface area contributed by atoms with Crippen LogP contribution in [0.5, 0.6) is 0 Å². The van der Waals surface area contributed by atoms with Gasteiger partial charge in [-0.25, -0.2) is 0 Å². The van der Waals surface area contributed by atoms with E-state index in [0.29, 0.717) is 6.04 Å². The Hall–Kier alpha value is -1.41. The van der Waals surface area contributed by atoms with Gasteiger partial charge in [-0.3, -0.25) is 4.98 Å². The van der Waals surface area contributed by atoms with Gasteiger partial charge < -0.3 is 5.32 Å². The predicted molar refractivity (Wildman–Crippen MR) is 86.7 cm³/mol. The van der Waals surface area contributed by atoms with Crippen LogP contribution >= 0.6 is 0 Å². The first kappa shape index (κ1) is 15.0. The molecule has 0 saturated heterocycles. The first-order chi connectivity index (χ1) is 9.74. The van der Waals surface area contributed by atoms with Gasteiger partial charge in [0, 0.05) is 24.2 Å². The molecule has 1 aromatic heterocycles. The Morgan fingerprint density at radius 3 is 2.65 bits per heavy atom. The molecule has 0 saturated carbocycles. The molecular formula is C18H26N2. The molecule has 0 bridgehead atoms. The highest BCUT2D eigenvalue weighted by molar-refractivity contribution is 5.81. The summed E-state index contributed by atoms with van der Waals surface area (Å²) in [4.78, 5) is 4.52. The van der Waals surface area contributed by atoms with Crippen LogP contribution in [0.1, 0.15) is 45.6 Å². The van der Waals surface area contributed by atoms with Crippen LogP contribution < -0.4 is 5.32 Å². The Labute approximate surface area is 122 Å². The van der Waals surface area contributed by atoms with E-state index in [0.717, 1.165) is 18.0 Å². The largest absolute Gasteiger partial charge is 0.310 e. The van der Waals surface area contributed by atoms with Crippen molar-refractivity contribution in [1.29, 1.82) is 0 Å². The zero-order valence-corrected chi connectivity index (χ0v) is 12.9. The van der Waals surface area contributed by atoms with Gasteiger partial charge in [-0.05, 0) is 30.4 Å². The van der Waals surface area contributed by atoms with E-state index in [9.17, 15) is 0 Å². The Balaban J connectivity index is 2.04. The number of nitrogens with zero attached hydrogens (tertiary/aromatic N) is 1. The second-order valence-corrected chi connectivity index (χ2v) is 5.73. The molecule has 0 aliphatic rings. The van der Waals surface area contributed by atoms with Gasteiger partial charge >= 0.3 is 0 Å². The van der Waals surface area contributed by atoms with Crippen LogP contribution in [0.15, 0.2) is 36.5 Å². The van der Waals surface area contributed by atoms with Crippen molar-refractivity contribution < 1.29 is 0 Å². The SMILES string of the molecule is CCC(C)CC(CC)NCc1cccc2cccnc12. The fourth-order valence-electron chi connectivity index (χ4n) is 2.61. The van der Waals surface area contributed by atoms with E-state index < -0.39 is 0 Å². The van der Waals surface area contributed by atoms with Crippen molar-refractivity contribution in [1.82, 2.24) is 10.3 Å². The molecule has 0 aliphatic heterocycles. The predicted octanol–water partition coefficient (Wildman–Crippen LogP) is 4.54. The summed E-state index contributed by atoms with van der Waals surface area (Å²) in [6.07, 6.45) is 5.57. The highest BCUT2D eigenvalue weighted by atomic mass is 14.9. The summed E-state index contributed by atoms with van der Waals surface area (Å²) >= 11 is 0. The summed E-state index contributed by atoms with van der Waals surface area (Å²) in [6.45, 7) is 7.78. The fraction of sp³-hybridized carbons (Fsp3) is 0.500. The molecule has 0 spiro atoms. The first-order valence-corrected chi connectivity index (χ1v) is 7.80. The molecule has 1 aromatic carbocycles. The number of aromatic nitrogens is 1. The summed E-state index contributed by atoms with van der Waals surface area (Å²) in [5.74, 6) is 0.790. The zero-order valence-electron chi connectivity index (χ0n) is 12.9. The summed E-state index contributed by atoms with van der Waals surface area (Å²) in [5, 5.41) is 4.93. The lowest BCUT2D eigenvalue weighted by Gasteiger charge is -2.20. The normalized spacial score (nSPS) is 14.3. The summed E-state index contributed by atoms with van der Waals surface area (Å²) in [7, 11) is 0. The number of benzene rings is 1. The molecule has 1 heterocycles. The maximum Gasteiger partial charge on any atom is 0.0746 e. The molecule has 2 heteroatoms. The Morgan fingerprint density at radius 1 is 1.10 bits per heavy atom. The lowest BCUT2D eigenvalue weighted by atomic mass is 9.97. The average molecular weight is 270 g/mol. The van der Waals surface area contributed by atoms with Gasteiger partial charge in [0.2, 0.25) is 0 Å². The smallest absolute Gasteiger partial charge is 0.0746 e. The molecule has 0 radical (unpaired) electrons. The van der Waals surface area contributed by atoms with Crippen LogP contribution in [0.4, 0.5) is 0 Å². The maximum absolute atomic E-state index is 4.52. The third kappa shape index (κ3) is 3.80. The van der Waals surface area contributed by atoms with E-state index in [1.807, 2.05) is 12.3 Å². The first-order valence-electron chi connectivity index (χ1n) is 7.80. The van der Waals surface area contributed by atoms with Crippen LogP contribution in [-0.4, -0.2) is 11.0 Å². The molecule has 108 valence electrons. The molecule has 1 N–H and O–H groups in total. The number of nitrogens with one attached hydrogen (secondary N) is 1. The molecule has 0 amide bonds. The monoisotopic (exact) mass is 270 g/mol. The van der Waals surface area contributed by atoms with Crippen molar-refractivity contribution in [3.05, 3.63) is 42.1 Å². The quantitative estimate of drug-likeness (QED) is 0.799. The van der Waals surface area contributed by atoms with Crippen LogP contribution in [-0.2, 0) is 6.54 Å². The zero-order chi connectivity index (χ0) is 14.4. The van der Waals surface area contributed by atoms with Crippen molar-refractivity contribution in [2.75, 3.05) is 0 Å². The number of para-hydroxylation sites is 1. The molecule has 0 aliphatic carbocycles. The van der Waals surface area contributed by atoms with E-state index >= 15 is 0 Å². The second-order valence-electron chi connectivity index (χ2n) is 5.73. The van der Waals surface area contributed by atoms with Gasteiger partial charge in [-0.15, -0.1) is 0 Å². The van der Waals surface area contributed by atoms with E-state index in [2.05, 4.69) is 55.3 Å². The van der Waals surface area contributed by atoms with Crippen LogP contribution in [0, 0.1) is 5.92 Å². The van der Waals surface area contributed by atoms with Crippen molar-refractivity contribution in [3.8, 4) is 0 Å². The Bertz CT molecular complexity index is 530. The molecular weight excluding hydrogens is 244 g/mol. The van der Waals surface area contributed by atoms with Gasteiger partial charge in [0.25, 0.3) is 0 Å². The molecule has 2 atom stereocenters. The van der Waals surface area contributed by atoms with Gasteiger partial charge in [-0.2, -0.15) is 0 Å². The second kappa shape index (κ2) is 7.39. The van der Waals surface area contributed by atoms with Gasteiger partial charge in [-0.1, -0.05) is 51.5 Å². The number of hydrogen-bond acceptors (Lipinski definition) is 2. The highest BCUT2D eigenvalue weighted by Crippen LogP contribution is 2.17. The van der Waals surface area contributed by atoms with E-state index in [1.165, 1.54) is 30.2 Å². The van der Waals surface area contributed by atoms with Crippen molar-refractivity contribution in [2.24, 2.45) is 5.92 Å². The average Bonchev–Trinajstić information content (AvgIpc) is 2.51. The van der Waals surface area contributed by atoms with E-state index in [1.54, 1.807) is 0 Å². The molecule has 2 rings (SSSR count). The van der Waals surface area contributed by atoms with E-state index in [4.69, 9.17) is 0 Å². The van der Waals surface area contributed by atoms with Crippen LogP contribution in [0.2, 0.25) is 0 Å². The molecule has 2 nitrogen and oxygen atoms in total.